The van der Waals surface area contributed by atoms with Crippen molar-refractivity contribution in [2.45, 2.75) is 4.83 Å². The first kappa shape index (κ1) is 10.6. The first-order chi connectivity index (χ1) is 7.31. The van der Waals surface area contributed by atoms with Crippen LogP contribution < -0.4 is 0 Å². The predicted molar refractivity (Wildman–Crippen MR) is 67.5 cm³/mol. The van der Waals surface area contributed by atoms with Gasteiger partial charge in [-0.1, -0.05) is 46.3 Å². The smallest absolute Gasteiger partial charge is 0.138 e. The molecule has 0 bridgehead atoms. The third kappa shape index (κ3) is 2.36. The zero-order valence-corrected chi connectivity index (χ0v) is 10.3. The molecule has 1 aromatic carbocycles. The lowest BCUT2D eigenvalue weighted by Crippen LogP contribution is -1.83. The van der Waals surface area contributed by atoms with Gasteiger partial charge in [-0.15, -0.1) is 11.3 Å². The Balaban J connectivity index is 2.32. The molecule has 2 rings (SSSR count). The molecule has 0 spiro atoms. The van der Waals surface area contributed by atoms with Crippen molar-refractivity contribution in [1.29, 1.82) is 0 Å². The molecule has 1 heterocycles. The van der Waals surface area contributed by atoms with E-state index in [4.69, 9.17) is 0 Å². The second kappa shape index (κ2) is 4.73. The van der Waals surface area contributed by atoms with Gasteiger partial charge >= 0.3 is 0 Å². The van der Waals surface area contributed by atoms with Crippen LogP contribution in [0.15, 0.2) is 42.5 Å². The van der Waals surface area contributed by atoms with E-state index in [0.29, 0.717) is 0 Å². The Kier molecular flexibility index (Phi) is 3.34. The molecule has 0 saturated heterocycles. The largest absolute Gasteiger partial charge is 0.302 e. The quantitative estimate of drug-likeness (QED) is 0.612. The topological polar surface area (TPSA) is 17.1 Å². The molecular formula is C12H9BrOS. The predicted octanol–water partition coefficient (Wildman–Crippen LogP) is 4.05. The molecule has 0 radical (unpaired) electrons. The maximum absolute atomic E-state index is 10.6. The van der Waals surface area contributed by atoms with Crippen molar-refractivity contribution in [2.75, 3.05) is 0 Å². The SMILES string of the molecule is O=CC(Br)c1ccc(-c2ccccc2)s1. The summed E-state index contributed by atoms with van der Waals surface area (Å²) in [6.07, 6.45) is 0.903. The van der Waals surface area contributed by atoms with Gasteiger partial charge in [0.1, 0.15) is 11.1 Å². The van der Waals surface area contributed by atoms with Gasteiger partial charge in [0, 0.05) is 9.75 Å². The number of halogens is 1. The van der Waals surface area contributed by atoms with Crippen LogP contribution in [0.2, 0.25) is 0 Å². The normalized spacial score (nSPS) is 12.3. The van der Waals surface area contributed by atoms with Crippen LogP contribution in [0.4, 0.5) is 0 Å². The monoisotopic (exact) mass is 280 g/mol. The summed E-state index contributed by atoms with van der Waals surface area (Å²) < 4.78 is 0. The van der Waals surface area contributed by atoms with Crippen LogP contribution in [0.1, 0.15) is 9.70 Å². The molecule has 0 aliphatic heterocycles. The summed E-state index contributed by atoms with van der Waals surface area (Å²) in [6.45, 7) is 0. The van der Waals surface area contributed by atoms with E-state index in [0.717, 1.165) is 11.2 Å². The summed E-state index contributed by atoms with van der Waals surface area (Å²) in [6, 6.07) is 14.2. The standard InChI is InChI=1S/C12H9BrOS/c13-10(8-14)12-7-6-11(15-12)9-4-2-1-3-5-9/h1-8,10H. The number of thiophene rings is 1. The average Bonchev–Trinajstić information content (AvgIpc) is 2.78. The number of alkyl halides is 1. The maximum Gasteiger partial charge on any atom is 0.138 e. The molecule has 76 valence electrons. The zero-order valence-electron chi connectivity index (χ0n) is 7.89. The molecule has 15 heavy (non-hydrogen) atoms. The van der Waals surface area contributed by atoms with E-state index in [1.54, 1.807) is 11.3 Å². The number of rotatable bonds is 3. The van der Waals surface area contributed by atoms with E-state index in [9.17, 15) is 4.79 Å². The van der Waals surface area contributed by atoms with Gasteiger partial charge in [0.2, 0.25) is 0 Å². The minimum atomic E-state index is -0.181. The molecular weight excluding hydrogens is 272 g/mol. The van der Waals surface area contributed by atoms with E-state index in [2.05, 4.69) is 28.1 Å². The van der Waals surface area contributed by atoms with E-state index >= 15 is 0 Å². The van der Waals surface area contributed by atoms with Gasteiger partial charge in [0.15, 0.2) is 0 Å². The number of aldehydes is 1. The molecule has 3 heteroatoms. The third-order valence-corrected chi connectivity index (χ3v) is 4.31. The Bertz CT molecular complexity index is 450. The van der Waals surface area contributed by atoms with Crippen molar-refractivity contribution in [3.63, 3.8) is 0 Å². The van der Waals surface area contributed by atoms with Crippen molar-refractivity contribution in [1.82, 2.24) is 0 Å². The Hall–Kier alpha value is -0.930. The van der Waals surface area contributed by atoms with Gasteiger partial charge in [-0.25, -0.2) is 0 Å². The molecule has 0 saturated carbocycles. The molecule has 0 N–H and O–H groups in total. The van der Waals surface area contributed by atoms with Crippen molar-refractivity contribution >= 4 is 33.6 Å². The summed E-state index contributed by atoms with van der Waals surface area (Å²) in [5.74, 6) is 0. The van der Waals surface area contributed by atoms with E-state index in [-0.39, 0.29) is 4.83 Å². The molecule has 0 aliphatic carbocycles. The molecule has 1 atom stereocenters. The minimum absolute atomic E-state index is 0.181. The van der Waals surface area contributed by atoms with Gasteiger partial charge in [-0.2, -0.15) is 0 Å². The van der Waals surface area contributed by atoms with Crippen LogP contribution in [0, 0.1) is 0 Å². The third-order valence-electron chi connectivity index (χ3n) is 2.08. The van der Waals surface area contributed by atoms with Crippen molar-refractivity contribution in [3.05, 3.63) is 47.3 Å². The highest BCUT2D eigenvalue weighted by Crippen LogP contribution is 2.33. The molecule has 0 amide bonds. The number of carbonyl (C=O) groups is 1. The molecule has 1 nitrogen and oxygen atoms in total. The van der Waals surface area contributed by atoms with Crippen LogP contribution in [0.5, 0.6) is 0 Å². The Labute approximate surface area is 101 Å². The van der Waals surface area contributed by atoms with Gasteiger partial charge in [-0.05, 0) is 17.7 Å². The van der Waals surface area contributed by atoms with Crippen molar-refractivity contribution in [2.24, 2.45) is 0 Å². The summed E-state index contributed by atoms with van der Waals surface area (Å²) in [5.41, 5.74) is 1.19. The van der Waals surface area contributed by atoms with Gasteiger partial charge in [-0.3, -0.25) is 0 Å². The Morgan fingerprint density at radius 1 is 1.13 bits per heavy atom. The lowest BCUT2D eigenvalue weighted by atomic mass is 10.2. The lowest BCUT2D eigenvalue weighted by Gasteiger charge is -1.96. The fourth-order valence-corrected chi connectivity index (χ4v) is 2.71. The second-order valence-corrected chi connectivity index (χ2v) is 5.21. The molecule has 2 aromatic rings. The van der Waals surface area contributed by atoms with Crippen molar-refractivity contribution in [3.8, 4) is 10.4 Å². The molecule has 1 aromatic heterocycles. The van der Waals surface area contributed by atoms with E-state index < -0.39 is 0 Å². The van der Waals surface area contributed by atoms with E-state index in [1.165, 1.54) is 10.4 Å². The van der Waals surface area contributed by atoms with Gasteiger partial charge < -0.3 is 4.79 Å². The minimum Gasteiger partial charge on any atom is -0.302 e. The highest BCUT2D eigenvalue weighted by atomic mass is 79.9. The Morgan fingerprint density at radius 2 is 1.87 bits per heavy atom. The summed E-state index contributed by atoms with van der Waals surface area (Å²) in [7, 11) is 0. The fraction of sp³-hybridized carbons (Fsp3) is 0.0833. The second-order valence-electron chi connectivity index (χ2n) is 3.11. The van der Waals surface area contributed by atoms with Crippen LogP contribution >= 0.6 is 27.3 Å². The lowest BCUT2D eigenvalue weighted by molar-refractivity contribution is -0.107. The molecule has 1 unspecified atom stereocenters. The van der Waals surface area contributed by atoms with Crippen molar-refractivity contribution < 1.29 is 4.79 Å². The first-order valence-corrected chi connectivity index (χ1v) is 6.29. The zero-order chi connectivity index (χ0) is 10.7. The number of carbonyl (C=O) groups excluding carboxylic acids is 1. The number of hydrogen-bond acceptors (Lipinski definition) is 2. The number of benzene rings is 1. The fourth-order valence-electron chi connectivity index (χ4n) is 1.33. The van der Waals surface area contributed by atoms with Crippen LogP contribution in [-0.4, -0.2) is 6.29 Å². The first-order valence-electron chi connectivity index (χ1n) is 4.56. The maximum atomic E-state index is 10.6. The van der Waals surface area contributed by atoms with Crippen LogP contribution in [0.3, 0.4) is 0 Å². The summed E-state index contributed by atoms with van der Waals surface area (Å²) >= 11 is 4.95. The molecule has 0 aliphatic rings. The highest BCUT2D eigenvalue weighted by Gasteiger charge is 2.09. The molecule has 0 fully saturated rings. The summed E-state index contributed by atoms with van der Waals surface area (Å²) in [5, 5.41) is 0. The average molecular weight is 281 g/mol. The Morgan fingerprint density at radius 3 is 2.53 bits per heavy atom. The van der Waals surface area contributed by atoms with Crippen LogP contribution in [-0.2, 0) is 4.79 Å². The van der Waals surface area contributed by atoms with E-state index in [1.807, 2.05) is 30.3 Å². The van der Waals surface area contributed by atoms with Gasteiger partial charge in [0.05, 0.1) is 0 Å². The number of hydrogen-bond donors (Lipinski definition) is 0. The highest BCUT2D eigenvalue weighted by molar-refractivity contribution is 9.09. The van der Waals surface area contributed by atoms with Gasteiger partial charge in [0.25, 0.3) is 0 Å². The van der Waals surface area contributed by atoms with Crippen LogP contribution in [0.25, 0.3) is 10.4 Å². The summed E-state index contributed by atoms with van der Waals surface area (Å²) in [4.78, 5) is 12.7.